The molecule has 264 valence electrons. The van der Waals surface area contributed by atoms with Crippen molar-refractivity contribution in [2.75, 3.05) is 26.4 Å². The van der Waals surface area contributed by atoms with Crippen molar-refractivity contribution < 1.29 is 18.9 Å². The number of fused-ring (bicyclic) bond motifs is 4. The van der Waals surface area contributed by atoms with Crippen LogP contribution in [0.4, 0.5) is 0 Å². The van der Waals surface area contributed by atoms with Gasteiger partial charge in [0.2, 0.25) is 0 Å². The summed E-state index contributed by atoms with van der Waals surface area (Å²) >= 11 is 2.38. The average Bonchev–Trinajstić information content (AvgIpc) is 3.18. The molecule has 8 aromatic carbocycles. The van der Waals surface area contributed by atoms with Gasteiger partial charge in [0.15, 0.2) is 0 Å². The number of rotatable bonds is 11. The summed E-state index contributed by atoms with van der Waals surface area (Å²) in [5.41, 5.74) is 6.51. The van der Waals surface area contributed by atoms with Gasteiger partial charge in [-0.3, -0.25) is 0 Å². The summed E-state index contributed by atoms with van der Waals surface area (Å²) in [7, 11) is 0. The predicted molar refractivity (Wildman–Crippen MR) is 230 cm³/mol. The lowest BCUT2D eigenvalue weighted by molar-refractivity contribution is 0.337. The fourth-order valence-electron chi connectivity index (χ4n) is 7.65. The molecule has 0 unspecified atom stereocenters. The SMILES string of the molecule is CCOc1ccc2ccccc2c1-c1c(OCC)ccc2cc(-c3ccc4c(-c5c(OCC)ccc6cc(I)ccc56)c(OCC)ccc4c3)ccc12. The maximum Gasteiger partial charge on any atom is 0.127 e. The highest BCUT2D eigenvalue weighted by atomic mass is 127. The summed E-state index contributed by atoms with van der Waals surface area (Å²) in [6, 6.07) is 45.6. The topological polar surface area (TPSA) is 36.9 Å². The van der Waals surface area contributed by atoms with Crippen molar-refractivity contribution in [3.05, 3.63) is 131 Å². The van der Waals surface area contributed by atoms with Crippen molar-refractivity contribution in [1.29, 1.82) is 0 Å². The van der Waals surface area contributed by atoms with E-state index in [0.717, 1.165) is 94.1 Å². The lowest BCUT2D eigenvalue weighted by Gasteiger charge is -2.20. The molecule has 0 amide bonds. The van der Waals surface area contributed by atoms with Gasteiger partial charge in [-0.2, -0.15) is 0 Å². The van der Waals surface area contributed by atoms with E-state index in [-0.39, 0.29) is 0 Å². The quantitative estimate of drug-likeness (QED) is 0.122. The molecule has 0 atom stereocenters. The Kier molecular flexibility index (Phi) is 9.84. The lowest BCUT2D eigenvalue weighted by atomic mass is 9.89. The molecule has 0 spiro atoms. The second-order valence-corrected chi connectivity index (χ2v) is 14.2. The number of hydrogen-bond donors (Lipinski definition) is 0. The van der Waals surface area contributed by atoms with E-state index in [1.54, 1.807) is 0 Å². The van der Waals surface area contributed by atoms with Crippen LogP contribution in [0.5, 0.6) is 23.0 Å². The van der Waals surface area contributed by atoms with Crippen molar-refractivity contribution in [1.82, 2.24) is 0 Å². The third-order valence-corrected chi connectivity index (χ3v) is 10.5. The maximum absolute atomic E-state index is 6.32. The molecule has 0 fully saturated rings. The molecule has 0 aliphatic heterocycles. The standard InChI is InChI=1S/C48H41IO4/c1-5-50-41-23-15-30-11-9-10-12-37(30)45(41)46-38-20-13-31(27-33(38)16-24-42(46)51-6-2)32-14-21-39-34(28-32)17-25-43(52-7-3)47(39)48-40-22-19-36(49)29-35(40)18-26-44(48)53-8-4/h9-29H,5-8H2,1-4H3. The van der Waals surface area contributed by atoms with Crippen LogP contribution in [0.3, 0.4) is 0 Å². The van der Waals surface area contributed by atoms with Gasteiger partial charge in [-0.25, -0.2) is 0 Å². The Morgan fingerprint density at radius 3 is 1.15 bits per heavy atom. The summed E-state index contributed by atoms with van der Waals surface area (Å²) in [6.07, 6.45) is 0. The number of ether oxygens (including phenoxy) is 4. The van der Waals surface area contributed by atoms with E-state index < -0.39 is 0 Å². The molecule has 0 saturated carbocycles. The molecule has 0 N–H and O–H groups in total. The molecule has 8 rings (SSSR count). The summed E-state index contributed by atoms with van der Waals surface area (Å²) in [5, 5.41) is 9.13. The van der Waals surface area contributed by atoms with Crippen LogP contribution < -0.4 is 18.9 Å². The van der Waals surface area contributed by atoms with Gasteiger partial charge in [-0.1, -0.05) is 78.9 Å². The van der Waals surface area contributed by atoms with E-state index in [2.05, 4.69) is 150 Å². The van der Waals surface area contributed by atoms with E-state index in [4.69, 9.17) is 18.9 Å². The lowest BCUT2D eigenvalue weighted by Crippen LogP contribution is -1.99. The summed E-state index contributed by atoms with van der Waals surface area (Å²) in [6.45, 7) is 10.4. The van der Waals surface area contributed by atoms with Gasteiger partial charge in [-0.15, -0.1) is 0 Å². The first-order chi connectivity index (χ1) is 26.0. The van der Waals surface area contributed by atoms with Crippen LogP contribution in [-0.2, 0) is 0 Å². The highest BCUT2D eigenvalue weighted by molar-refractivity contribution is 14.1. The molecule has 0 saturated heterocycles. The van der Waals surface area contributed by atoms with Crippen LogP contribution in [-0.4, -0.2) is 26.4 Å². The second-order valence-electron chi connectivity index (χ2n) is 12.9. The Bertz CT molecular complexity index is 2640. The van der Waals surface area contributed by atoms with Crippen LogP contribution in [0.2, 0.25) is 0 Å². The molecule has 4 nitrogen and oxygen atoms in total. The minimum atomic E-state index is 0.568. The van der Waals surface area contributed by atoms with E-state index >= 15 is 0 Å². The van der Waals surface area contributed by atoms with Crippen LogP contribution in [0, 0.1) is 3.57 Å². The summed E-state index contributed by atoms with van der Waals surface area (Å²) in [5.74, 6) is 3.41. The molecule has 0 heterocycles. The molecular formula is C48H41IO4. The molecule has 0 aliphatic rings. The van der Waals surface area contributed by atoms with Crippen molar-refractivity contribution in [2.45, 2.75) is 27.7 Å². The molecule has 0 radical (unpaired) electrons. The normalized spacial score (nSPS) is 11.4. The Balaban J connectivity index is 1.31. The van der Waals surface area contributed by atoms with E-state index in [0.29, 0.717) is 26.4 Å². The van der Waals surface area contributed by atoms with E-state index in [9.17, 15) is 0 Å². The monoisotopic (exact) mass is 808 g/mol. The molecular weight excluding hydrogens is 767 g/mol. The van der Waals surface area contributed by atoms with Gasteiger partial charge in [-0.05, 0) is 153 Å². The van der Waals surface area contributed by atoms with E-state index in [1.807, 2.05) is 27.7 Å². The second kappa shape index (κ2) is 15.0. The Hall–Kier alpha value is -5.27. The smallest absolute Gasteiger partial charge is 0.127 e. The first kappa shape index (κ1) is 34.8. The van der Waals surface area contributed by atoms with Crippen LogP contribution in [0.1, 0.15) is 27.7 Å². The molecule has 0 bridgehead atoms. The van der Waals surface area contributed by atoms with Crippen molar-refractivity contribution in [3.8, 4) is 56.4 Å². The Morgan fingerprint density at radius 2 is 0.717 bits per heavy atom. The summed E-state index contributed by atoms with van der Waals surface area (Å²) < 4.78 is 26.4. The van der Waals surface area contributed by atoms with Gasteiger partial charge < -0.3 is 18.9 Å². The first-order valence-corrected chi connectivity index (χ1v) is 19.5. The van der Waals surface area contributed by atoms with Crippen LogP contribution >= 0.6 is 22.6 Å². The molecule has 5 heteroatoms. The Labute approximate surface area is 324 Å². The molecule has 8 aromatic rings. The van der Waals surface area contributed by atoms with Crippen LogP contribution in [0.15, 0.2) is 127 Å². The van der Waals surface area contributed by atoms with Gasteiger partial charge in [0, 0.05) is 25.8 Å². The molecule has 0 aliphatic carbocycles. The highest BCUT2D eigenvalue weighted by Gasteiger charge is 2.21. The third-order valence-electron chi connectivity index (χ3n) is 9.83. The third kappa shape index (κ3) is 6.41. The summed E-state index contributed by atoms with van der Waals surface area (Å²) in [4.78, 5) is 0. The fourth-order valence-corrected chi connectivity index (χ4v) is 8.16. The van der Waals surface area contributed by atoms with Crippen molar-refractivity contribution in [2.24, 2.45) is 0 Å². The zero-order chi connectivity index (χ0) is 36.5. The predicted octanol–water partition coefficient (Wildman–Crippen LogP) is 13.5. The fraction of sp³-hybridized carbons (Fsp3) is 0.167. The molecule has 53 heavy (non-hydrogen) atoms. The van der Waals surface area contributed by atoms with Gasteiger partial charge in [0.25, 0.3) is 0 Å². The molecule has 0 aromatic heterocycles. The maximum atomic E-state index is 6.32. The van der Waals surface area contributed by atoms with Gasteiger partial charge in [0.1, 0.15) is 23.0 Å². The Morgan fingerprint density at radius 1 is 0.358 bits per heavy atom. The van der Waals surface area contributed by atoms with E-state index in [1.165, 1.54) is 8.96 Å². The number of benzene rings is 8. The largest absolute Gasteiger partial charge is 0.493 e. The minimum Gasteiger partial charge on any atom is -0.493 e. The highest BCUT2D eigenvalue weighted by Crippen LogP contribution is 2.48. The van der Waals surface area contributed by atoms with Crippen molar-refractivity contribution in [3.63, 3.8) is 0 Å². The zero-order valence-corrected chi connectivity index (χ0v) is 32.6. The number of halogens is 1. The first-order valence-electron chi connectivity index (χ1n) is 18.4. The van der Waals surface area contributed by atoms with Gasteiger partial charge in [0.05, 0.1) is 26.4 Å². The van der Waals surface area contributed by atoms with Gasteiger partial charge >= 0.3 is 0 Å². The zero-order valence-electron chi connectivity index (χ0n) is 30.5. The van der Waals surface area contributed by atoms with Crippen LogP contribution in [0.25, 0.3) is 76.5 Å². The minimum absolute atomic E-state index is 0.568. The van der Waals surface area contributed by atoms with Crippen molar-refractivity contribution >= 4 is 65.7 Å². The average molecular weight is 809 g/mol. The number of hydrogen-bond acceptors (Lipinski definition) is 4.